The number of unbranched alkanes of at least 4 members (excludes halogenated alkanes) is 1. The SMILES string of the molecule is CCCCOCCNc1cc(Cl)ccc1C#N. The van der Waals surface area contributed by atoms with E-state index in [9.17, 15) is 0 Å². The smallest absolute Gasteiger partial charge is 0.101 e. The molecule has 17 heavy (non-hydrogen) atoms. The summed E-state index contributed by atoms with van der Waals surface area (Å²) in [5, 5.41) is 12.7. The highest BCUT2D eigenvalue weighted by molar-refractivity contribution is 6.30. The van der Waals surface area contributed by atoms with Crippen molar-refractivity contribution in [1.82, 2.24) is 0 Å². The van der Waals surface area contributed by atoms with E-state index in [0.29, 0.717) is 23.7 Å². The van der Waals surface area contributed by atoms with Crippen LogP contribution >= 0.6 is 11.6 Å². The first-order chi connectivity index (χ1) is 8.27. The molecular formula is C13H17ClN2O. The van der Waals surface area contributed by atoms with Crippen molar-refractivity contribution in [3.05, 3.63) is 28.8 Å². The van der Waals surface area contributed by atoms with E-state index in [1.165, 1.54) is 0 Å². The van der Waals surface area contributed by atoms with Crippen LogP contribution in [0, 0.1) is 11.3 Å². The van der Waals surface area contributed by atoms with Gasteiger partial charge in [0.1, 0.15) is 6.07 Å². The van der Waals surface area contributed by atoms with Crippen molar-refractivity contribution in [2.24, 2.45) is 0 Å². The van der Waals surface area contributed by atoms with Crippen LogP contribution in [0.2, 0.25) is 5.02 Å². The predicted octanol–water partition coefficient (Wildman–Crippen LogP) is 3.44. The first kappa shape index (κ1) is 13.8. The lowest BCUT2D eigenvalue weighted by atomic mass is 10.2. The second-order valence-corrected chi connectivity index (χ2v) is 4.13. The fourth-order valence-electron chi connectivity index (χ4n) is 1.37. The van der Waals surface area contributed by atoms with Gasteiger partial charge in [0.25, 0.3) is 0 Å². The number of rotatable bonds is 7. The van der Waals surface area contributed by atoms with Crippen LogP contribution in [0.4, 0.5) is 5.69 Å². The molecule has 0 aliphatic rings. The highest BCUT2D eigenvalue weighted by Crippen LogP contribution is 2.19. The predicted molar refractivity (Wildman–Crippen MR) is 70.4 cm³/mol. The van der Waals surface area contributed by atoms with Gasteiger partial charge in [-0.05, 0) is 24.6 Å². The Kier molecular flexibility index (Phi) is 6.46. The number of hydrogen-bond acceptors (Lipinski definition) is 3. The third kappa shape index (κ3) is 5.08. The number of anilines is 1. The Balaban J connectivity index is 2.36. The van der Waals surface area contributed by atoms with Gasteiger partial charge in [0.05, 0.1) is 17.9 Å². The highest BCUT2D eigenvalue weighted by Gasteiger charge is 2.01. The highest BCUT2D eigenvalue weighted by atomic mass is 35.5. The fraction of sp³-hybridized carbons (Fsp3) is 0.462. The standard InChI is InChI=1S/C13H17ClN2O/c1-2-3-7-17-8-6-16-13-9-12(14)5-4-11(13)10-15/h4-5,9,16H,2-3,6-8H2,1H3. The molecule has 1 aromatic carbocycles. The van der Waals surface area contributed by atoms with Crippen LogP contribution < -0.4 is 5.32 Å². The van der Waals surface area contributed by atoms with E-state index in [0.717, 1.165) is 25.1 Å². The lowest BCUT2D eigenvalue weighted by molar-refractivity contribution is 0.141. The van der Waals surface area contributed by atoms with Crippen molar-refractivity contribution in [3.63, 3.8) is 0 Å². The van der Waals surface area contributed by atoms with Gasteiger partial charge in [-0.1, -0.05) is 24.9 Å². The summed E-state index contributed by atoms with van der Waals surface area (Å²) in [4.78, 5) is 0. The number of benzene rings is 1. The molecule has 0 atom stereocenters. The third-order valence-corrected chi connectivity index (χ3v) is 2.54. The van der Waals surface area contributed by atoms with E-state index in [1.54, 1.807) is 18.2 Å². The Labute approximate surface area is 107 Å². The molecule has 92 valence electrons. The molecule has 0 fully saturated rings. The molecule has 1 aromatic rings. The summed E-state index contributed by atoms with van der Waals surface area (Å²) < 4.78 is 5.42. The average molecular weight is 253 g/mol. The molecule has 0 aliphatic carbocycles. The van der Waals surface area contributed by atoms with Crippen LogP contribution in [0.25, 0.3) is 0 Å². The Morgan fingerprint density at radius 2 is 2.24 bits per heavy atom. The van der Waals surface area contributed by atoms with Crippen LogP contribution in [0.15, 0.2) is 18.2 Å². The third-order valence-electron chi connectivity index (χ3n) is 2.31. The van der Waals surface area contributed by atoms with Crippen LogP contribution in [-0.4, -0.2) is 19.8 Å². The van der Waals surface area contributed by atoms with Gasteiger partial charge >= 0.3 is 0 Å². The van der Waals surface area contributed by atoms with Gasteiger partial charge in [0.15, 0.2) is 0 Å². The number of nitrogens with zero attached hydrogens (tertiary/aromatic N) is 1. The summed E-state index contributed by atoms with van der Waals surface area (Å²) in [5.74, 6) is 0. The molecule has 1 N–H and O–H groups in total. The molecule has 0 aliphatic heterocycles. The Morgan fingerprint density at radius 1 is 1.41 bits per heavy atom. The monoisotopic (exact) mass is 252 g/mol. The van der Waals surface area contributed by atoms with E-state index in [2.05, 4.69) is 18.3 Å². The van der Waals surface area contributed by atoms with Crippen LogP contribution in [-0.2, 0) is 4.74 Å². The van der Waals surface area contributed by atoms with Crippen LogP contribution in [0.5, 0.6) is 0 Å². The fourth-order valence-corrected chi connectivity index (χ4v) is 1.54. The maximum atomic E-state index is 8.92. The summed E-state index contributed by atoms with van der Waals surface area (Å²) in [7, 11) is 0. The van der Waals surface area contributed by atoms with Crippen molar-refractivity contribution in [2.75, 3.05) is 25.1 Å². The molecule has 1 rings (SSSR count). The maximum absolute atomic E-state index is 8.92. The van der Waals surface area contributed by atoms with Gasteiger partial charge < -0.3 is 10.1 Å². The topological polar surface area (TPSA) is 45.0 Å². The lowest BCUT2D eigenvalue weighted by Gasteiger charge is -2.09. The van der Waals surface area contributed by atoms with Crippen molar-refractivity contribution in [1.29, 1.82) is 5.26 Å². The second-order valence-electron chi connectivity index (χ2n) is 3.69. The minimum Gasteiger partial charge on any atom is -0.382 e. The van der Waals surface area contributed by atoms with E-state index in [-0.39, 0.29) is 0 Å². The molecule has 0 heterocycles. The molecular weight excluding hydrogens is 236 g/mol. The molecule has 3 nitrogen and oxygen atoms in total. The summed E-state index contributed by atoms with van der Waals surface area (Å²) in [6.45, 7) is 4.24. The number of halogens is 1. The first-order valence-corrected chi connectivity index (χ1v) is 6.17. The minimum atomic E-state index is 0.600. The lowest BCUT2D eigenvalue weighted by Crippen LogP contribution is -2.10. The van der Waals surface area contributed by atoms with E-state index >= 15 is 0 Å². The van der Waals surface area contributed by atoms with Gasteiger partial charge in [0.2, 0.25) is 0 Å². The Bertz CT molecular complexity index is 387. The zero-order valence-corrected chi connectivity index (χ0v) is 10.8. The molecule has 0 unspecified atom stereocenters. The van der Waals surface area contributed by atoms with Gasteiger partial charge in [-0.15, -0.1) is 0 Å². The molecule has 0 bridgehead atoms. The summed E-state index contributed by atoms with van der Waals surface area (Å²) in [6, 6.07) is 7.30. The second kappa shape index (κ2) is 7.94. The van der Waals surface area contributed by atoms with Crippen LogP contribution in [0.3, 0.4) is 0 Å². The maximum Gasteiger partial charge on any atom is 0.101 e. The Morgan fingerprint density at radius 3 is 2.94 bits per heavy atom. The first-order valence-electron chi connectivity index (χ1n) is 5.79. The van der Waals surface area contributed by atoms with Gasteiger partial charge in [0, 0.05) is 18.2 Å². The van der Waals surface area contributed by atoms with Gasteiger partial charge in [-0.25, -0.2) is 0 Å². The molecule has 0 spiro atoms. The van der Waals surface area contributed by atoms with Gasteiger partial charge in [-0.3, -0.25) is 0 Å². The van der Waals surface area contributed by atoms with Crippen molar-refractivity contribution in [3.8, 4) is 6.07 Å². The van der Waals surface area contributed by atoms with E-state index in [4.69, 9.17) is 21.6 Å². The zero-order chi connectivity index (χ0) is 12.5. The van der Waals surface area contributed by atoms with Crippen LogP contribution in [0.1, 0.15) is 25.3 Å². The summed E-state index contributed by atoms with van der Waals surface area (Å²) in [6.07, 6.45) is 2.22. The number of hydrogen-bond donors (Lipinski definition) is 1. The molecule has 0 radical (unpaired) electrons. The number of nitriles is 1. The minimum absolute atomic E-state index is 0.600. The summed E-state index contributed by atoms with van der Waals surface area (Å²) in [5.41, 5.74) is 1.36. The van der Waals surface area contributed by atoms with Crippen molar-refractivity contribution >= 4 is 17.3 Å². The average Bonchev–Trinajstić information content (AvgIpc) is 2.34. The quantitative estimate of drug-likeness (QED) is 0.756. The normalized spacial score (nSPS) is 9.94. The van der Waals surface area contributed by atoms with E-state index < -0.39 is 0 Å². The molecule has 0 saturated carbocycles. The molecule has 0 saturated heterocycles. The summed E-state index contributed by atoms with van der Waals surface area (Å²) >= 11 is 5.87. The van der Waals surface area contributed by atoms with Crippen molar-refractivity contribution in [2.45, 2.75) is 19.8 Å². The van der Waals surface area contributed by atoms with Gasteiger partial charge in [-0.2, -0.15) is 5.26 Å². The Hall–Kier alpha value is -1.24. The zero-order valence-electron chi connectivity index (χ0n) is 10.0. The number of ether oxygens (including phenoxy) is 1. The largest absolute Gasteiger partial charge is 0.382 e. The van der Waals surface area contributed by atoms with E-state index in [1.807, 2.05) is 0 Å². The molecule has 0 amide bonds. The van der Waals surface area contributed by atoms with Crippen molar-refractivity contribution < 1.29 is 4.74 Å². The molecule has 0 aromatic heterocycles. The number of nitrogens with one attached hydrogen (secondary N) is 1. The molecule has 4 heteroatoms.